The first-order valence-electron chi connectivity index (χ1n) is 9.49. The second kappa shape index (κ2) is 8.46. The minimum Gasteiger partial charge on any atom is -0.485 e. The third-order valence-electron chi connectivity index (χ3n) is 4.65. The van der Waals surface area contributed by atoms with Crippen molar-refractivity contribution < 1.29 is 23.1 Å². The highest BCUT2D eigenvalue weighted by Crippen LogP contribution is 2.24. The molecule has 3 aromatic heterocycles. The van der Waals surface area contributed by atoms with Crippen LogP contribution in [0.5, 0.6) is 5.75 Å². The van der Waals surface area contributed by atoms with Crippen molar-refractivity contribution in [1.82, 2.24) is 19.2 Å². The van der Waals surface area contributed by atoms with E-state index in [9.17, 15) is 18.4 Å². The highest BCUT2D eigenvalue weighted by Gasteiger charge is 2.20. The van der Waals surface area contributed by atoms with Crippen LogP contribution in [0.4, 0.5) is 14.5 Å². The molecular weight excluding hydrogens is 422 g/mol. The number of nitrogens with two attached hydrogens (primary N) is 1. The van der Waals surface area contributed by atoms with E-state index in [0.717, 1.165) is 12.1 Å². The first kappa shape index (κ1) is 21.0. The molecule has 164 valence electrons. The van der Waals surface area contributed by atoms with Gasteiger partial charge in [-0.1, -0.05) is 6.07 Å². The number of hydrogen-bond acceptors (Lipinski definition) is 5. The molecule has 0 fully saturated rings. The Morgan fingerprint density at radius 2 is 1.94 bits per heavy atom. The van der Waals surface area contributed by atoms with Crippen LogP contribution in [0.15, 0.2) is 48.9 Å². The summed E-state index contributed by atoms with van der Waals surface area (Å²) in [6.07, 6.45) is 4.48. The molecule has 0 spiro atoms. The van der Waals surface area contributed by atoms with Crippen LogP contribution in [0.25, 0.3) is 5.65 Å². The largest absolute Gasteiger partial charge is 0.485 e. The van der Waals surface area contributed by atoms with E-state index < -0.39 is 23.4 Å². The molecule has 4 aromatic rings. The Hall–Kier alpha value is -4.28. The number of rotatable bonds is 7. The molecule has 11 heteroatoms. The number of carbonyl (C=O) groups excluding carboxylic acids is 2. The third kappa shape index (κ3) is 4.13. The number of imidazole rings is 1. The number of nitrogens with zero attached hydrogens (tertiary/aromatic N) is 4. The fourth-order valence-corrected chi connectivity index (χ4v) is 3.23. The van der Waals surface area contributed by atoms with Crippen LogP contribution in [0.2, 0.25) is 0 Å². The Labute approximate surface area is 180 Å². The summed E-state index contributed by atoms with van der Waals surface area (Å²) in [4.78, 5) is 28.3. The lowest BCUT2D eigenvalue weighted by Crippen LogP contribution is -2.19. The summed E-state index contributed by atoms with van der Waals surface area (Å²) in [5, 5.41) is 6.64. The lowest BCUT2D eigenvalue weighted by atomic mass is 10.2. The quantitative estimate of drug-likeness (QED) is 0.458. The predicted octanol–water partition coefficient (Wildman–Crippen LogP) is 2.43. The van der Waals surface area contributed by atoms with E-state index in [1.807, 2.05) is 0 Å². The maximum Gasteiger partial charge on any atom is 0.274 e. The molecule has 2 amide bonds. The number of primary amides is 1. The first-order valence-corrected chi connectivity index (χ1v) is 9.49. The average molecular weight is 440 g/mol. The Morgan fingerprint density at radius 1 is 1.19 bits per heavy atom. The highest BCUT2D eigenvalue weighted by molar-refractivity contribution is 6.04. The molecule has 0 saturated carbocycles. The Morgan fingerprint density at radius 3 is 2.66 bits per heavy atom. The lowest BCUT2D eigenvalue weighted by Gasteiger charge is -2.09. The van der Waals surface area contributed by atoms with Crippen LogP contribution < -0.4 is 15.8 Å². The number of benzene rings is 1. The van der Waals surface area contributed by atoms with Crippen molar-refractivity contribution in [2.75, 3.05) is 5.32 Å². The van der Waals surface area contributed by atoms with Gasteiger partial charge < -0.3 is 15.8 Å². The van der Waals surface area contributed by atoms with E-state index in [2.05, 4.69) is 15.4 Å². The third-order valence-corrected chi connectivity index (χ3v) is 4.65. The summed E-state index contributed by atoms with van der Waals surface area (Å²) in [7, 11) is 0. The Kier molecular flexibility index (Phi) is 5.54. The smallest absolute Gasteiger partial charge is 0.274 e. The minimum absolute atomic E-state index is 0.117. The molecule has 0 bridgehead atoms. The van der Waals surface area contributed by atoms with E-state index in [1.165, 1.54) is 27.5 Å². The van der Waals surface area contributed by atoms with E-state index in [1.54, 1.807) is 25.3 Å². The van der Waals surface area contributed by atoms with Crippen molar-refractivity contribution in [2.24, 2.45) is 5.73 Å². The molecule has 0 unspecified atom stereocenters. The zero-order valence-corrected chi connectivity index (χ0v) is 16.9. The summed E-state index contributed by atoms with van der Waals surface area (Å²) in [6, 6.07) is 6.79. The number of aromatic nitrogens is 4. The molecule has 0 saturated heterocycles. The van der Waals surface area contributed by atoms with Crippen LogP contribution in [0.3, 0.4) is 0 Å². The monoisotopic (exact) mass is 440 g/mol. The molecule has 3 N–H and O–H groups in total. The van der Waals surface area contributed by atoms with Crippen LogP contribution in [-0.2, 0) is 17.9 Å². The molecular formula is C21H18F2N6O3. The van der Waals surface area contributed by atoms with Gasteiger partial charge in [0, 0.05) is 12.4 Å². The van der Waals surface area contributed by atoms with Gasteiger partial charge in [0.2, 0.25) is 5.91 Å². The molecule has 1 aromatic carbocycles. The van der Waals surface area contributed by atoms with Crippen LogP contribution in [0, 0.1) is 18.6 Å². The number of fused-ring (bicyclic) bond motifs is 1. The number of pyridine rings is 1. The number of hydrogen-bond donors (Lipinski definition) is 2. The van der Waals surface area contributed by atoms with Gasteiger partial charge in [-0.15, -0.1) is 0 Å². The maximum atomic E-state index is 13.9. The normalized spacial score (nSPS) is 11.0. The van der Waals surface area contributed by atoms with Crippen molar-refractivity contribution >= 4 is 23.1 Å². The van der Waals surface area contributed by atoms with Crippen LogP contribution >= 0.6 is 0 Å². The fourth-order valence-electron chi connectivity index (χ4n) is 3.23. The molecule has 0 aliphatic carbocycles. The van der Waals surface area contributed by atoms with Gasteiger partial charge in [0.1, 0.15) is 30.5 Å². The fraction of sp³-hybridized carbons (Fsp3) is 0.143. The van der Waals surface area contributed by atoms with Gasteiger partial charge in [-0.2, -0.15) is 5.10 Å². The molecule has 0 aliphatic heterocycles. The van der Waals surface area contributed by atoms with Crippen molar-refractivity contribution in [3.8, 4) is 5.75 Å². The Balaban J connectivity index is 1.58. The Bertz CT molecular complexity index is 1310. The molecule has 32 heavy (non-hydrogen) atoms. The SMILES string of the molecule is Cc1nc2c(OCc3c(F)cccc3F)cccn2c1C(=O)Nc1cnn(CC(N)=O)c1. The number of nitrogens with one attached hydrogen (secondary N) is 1. The topological polar surface area (TPSA) is 117 Å². The van der Waals surface area contributed by atoms with Crippen molar-refractivity contribution in [1.29, 1.82) is 0 Å². The number of amides is 2. The zero-order chi connectivity index (χ0) is 22.8. The minimum atomic E-state index is -0.714. The summed E-state index contributed by atoms with van der Waals surface area (Å²) in [5.41, 5.74) is 6.27. The standard InChI is InChI=1S/C21H18F2N6O3/c1-12-19(21(31)27-13-8-25-28(9-13)10-18(24)30)29-7-3-6-17(20(29)26-12)32-11-14-15(22)4-2-5-16(14)23/h2-9H,10-11H2,1H3,(H2,24,30)(H,27,31). The predicted molar refractivity (Wildman–Crippen MR) is 110 cm³/mol. The van der Waals surface area contributed by atoms with Gasteiger partial charge in [-0.25, -0.2) is 13.8 Å². The van der Waals surface area contributed by atoms with Gasteiger partial charge >= 0.3 is 0 Å². The number of halogens is 2. The van der Waals surface area contributed by atoms with Gasteiger partial charge in [-0.3, -0.25) is 18.7 Å². The summed E-state index contributed by atoms with van der Waals surface area (Å²) in [6.45, 7) is 1.19. The van der Waals surface area contributed by atoms with Gasteiger partial charge in [0.05, 0.1) is 23.1 Å². The van der Waals surface area contributed by atoms with Gasteiger partial charge in [0.15, 0.2) is 11.4 Å². The maximum absolute atomic E-state index is 13.9. The molecule has 9 nitrogen and oxygen atoms in total. The molecule has 3 heterocycles. The van der Waals surface area contributed by atoms with Crippen LogP contribution in [-0.4, -0.2) is 31.0 Å². The zero-order valence-electron chi connectivity index (χ0n) is 16.9. The number of anilines is 1. The second-order valence-electron chi connectivity index (χ2n) is 6.95. The number of carbonyl (C=O) groups is 2. The summed E-state index contributed by atoms with van der Waals surface area (Å²) >= 11 is 0. The van der Waals surface area contributed by atoms with E-state index in [0.29, 0.717) is 17.0 Å². The van der Waals surface area contributed by atoms with E-state index in [4.69, 9.17) is 10.5 Å². The van der Waals surface area contributed by atoms with Crippen molar-refractivity contribution in [3.63, 3.8) is 0 Å². The van der Waals surface area contributed by atoms with Crippen LogP contribution in [0.1, 0.15) is 21.7 Å². The summed E-state index contributed by atoms with van der Waals surface area (Å²) in [5.74, 6) is -2.20. The molecule has 4 rings (SSSR count). The lowest BCUT2D eigenvalue weighted by molar-refractivity contribution is -0.118. The van der Waals surface area contributed by atoms with Gasteiger partial charge in [0.25, 0.3) is 5.91 Å². The van der Waals surface area contributed by atoms with E-state index >= 15 is 0 Å². The number of ether oxygens (including phenoxy) is 1. The van der Waals surface area contributed by atoms with Gasteiger partial charge in [-0.05, 0) is 31.2 Å². The molecule has 0 aliphatic rings. The molecule has 0 atom stereocenters. The average Bonchev–Trinajstić information content (AvgIpc) is 3.30. The molecule has 0 radical (unpaired) electrons. The van der Waals surface area contributed by atoms with E-state index in [-0.39, 0.29) is 30.2 Å². The van der Waals surface area contributed by atoms with Crippen molar-refractivity contribution in [3.05, 3.63) is 77.5 Å². The van der Waals surface area contributed by atoms with Crippen molar-refractivity contribution in [2.45, 2.75) is 20.1 Å². The second-order valence-corrected chi connectivity index (χ2v) is 6.95. The summed E-state index contributed by atoms with van der Waals surface area (Å²) < 4.78 is 36.2. The first-order chi connectivity index (χ1) is 15.3. The number of aryl methyl sites for hydroxylation is 1. The highest BCUT2D eigenvalue weighted by atomic mass is 19.1.